The first-order valence-corrected chi connectivity index (χ1v) is 20.1. The van der Waals surface area contributed by atoms with E-state index in [0.717, 1.165) is 4.90 Å². The summed E-state index contributed by atoms with van der Waals surface area (Å²) < 4.78 is 15.9. The van der Waals surface area contributed by atoms with E-state index in [1.165, 1.54) is 102 Å². The van der Waals surface area contributed by atoms with Gasteiger partial charge in [0.15, 0.2) is 0 Å². The van der Waals surface area contributed by atoms with Crippen LogP contribution in [0.4, 0.5) is 37.1 Å². The number of likely N-dealkylation sites (tertiary alicyclic amines) is 2. The maximum Gasteiger partial charge on any atom is 0.437 e. The van der Waals surface area contributed by atoms with E-state index >= 15 is 0 Å². The molecule has 23 nitrogen and oxygen atoms in total. The summed E-state index contributed by atoms with van der Waals surface area (Å²) in [6.07, 6.45) is -2.41. The van der Waals surface area contributed by atoms with Crippen LogP contribution in [0, 0.1) is 30.3 Å². The van der Waals surface area contributed by atoms with E-state index in [9.17, 15) is 54.3 Å². The first-order valence-electron chi connectivity index (χ1n) is 19.5. The van der Waals surface area contributed by atoms with Crippen molar-refractivity contribution in [3.05, 3.63) is 150 Å². The van der Waals surface area contributed by atoms with Crippen LogP contribution in [-0.4, -0.2) is 97.6 Å². The number of guanidine groups is 1. The topological polar surface area (TPSA) is 303 Å². The fourth-order valence-corrected chi connectivity index (χ4v) is 7.18. The van der Waals surface area contributed by atoms with Gasteiger partial charge >= 0.3 is 18.3 Å². The van der Waals surface area contributed by atoms with Crippen molar-refractivity contribution in [1.29, 1.82) is 0 Å². The van der Waals surface area contributed by atoms with Crippen molar-refractivity contribution >= 4 is 71.4 Å². The van der Waals surface area contributed by atoms with Crippen molar-refractivity contribution in [2.75, 3.05) is 24.5 Å². The molecule has 0 unspecified atom stereocenters. The highest BCUT2D eigenvalue weighted by molar-refractivity contribution is 7.81. The number of nitrogens with two attached hydrogens (primary N) is 1. The summed E-state index contributed by atoms with van der Waals surface area (Å²) in [5.41, 5.74) is 7.11. The molecule has 24 heteroatoms. The SMILES string of the molecule is N/C(=N/C(=O)OCc1ccc([N+](=O)[O-])cc1)N(C(=O)OCc1ccc([N+](=O)[O-])cc1)c1ccc(C(=O)N[C@H]2CCN(C(=O)[C@@H]3C[C@H](S)CN3C(=O)OCc3ccc([N+](=O)[O-])cc3)C2)cc1. The Bertz CT molecular complexity index is 2490. The molecule has 2 aliphatic rings. The molecule has 2 saturated heterocycles. The maximum atomic E-state index is 13.7. The van der Waals surface area contributed by atoms with Crippen molar-refractivity contribution in [2.24, 2.45) is 10.7 Å². The zero-order valence-corrected chi connectivity index (χ0v) is 34.9. The molecule has 0 aromatic heterocycles. The second-order valence-electron chi connectivity index (χ2n) is 14.6. The highest BCUT2D eigenvalue weighted by Gasteiger charge is 2.42. The van der Waals surface area contributed by atoms with E-state index in [2.05, 4.69) is 22.9 Å². The average Bonchev–Trinajstić information content (AvgIpc) is 3.93. The lowest BCUT2D eigenvalue weighted by atomic mass is 10.1. The molecule has 4 aromatic rings. The van der Waals surface area contributed by atoms with Gasteiger partial charge in [-0.3, -0.25) is 44.8 Å². The number of benzene rings is 4. The predicted octanol–water partition coefficient (Wildman–Crippen LogP) is 5.25. The summed E-state index contributed by atoms with van der Waals surface area (Å²) >= 11 is 4.50. The van der Waals surface area contributed by atoms with E-state index < -0.39 is 57.0 Å². The third kappa shape index (κ3) is 12.1. The number of non-ortho nitro benzene ring substituents is 3. The molecule has 0 aliphatic carbocycles. The zero-order chi connectivity index (χ0) is 46.8. The van der Waals surface area contributed by atoms with Gasteiger partial charge in [0.1, 0.15) is 25.9 Å². The molecule has 3 N–H and O–H groups in total. The largest absolute Gasteiger partial charge is 0.445 e. The smallest absolute Gasteiger partial charge is 0.437 e. The van der Waals surface area contributed by atoms with Crippen LogP contribution in [0.5, 0.6) is 0 Å². The fourth-order valence-electron chi connectivity index (χ4n) is 6.80. The van der Waals surface area contributed by atoms with Crippen LogP contribution >= 0.6 is 12.6 Å². The van der Waals surface area contributed by atoms with Crippen LogP contribution in [-0.2, 0) is 38.8 Å². The van der Waals surface area contributed by atoms with Gasteiger partial charge in [0.2, 0.25) is 11.9 Å². The van der Waals surface area contributed by atoms with Gasteiger partial charge in [-0.25, -0.2) is 19.3 Å². The zero-order valence-electron chi connectivity index (χ0n) is 34.0. The first-order chi connectivity index (χ1) is 31.1. The van der Waals surface area contributed by atoms with E-state index in [1.807, 2.05) is 0 Å². The predicted molar refractivity (Wildman–Crippen MR) is 231 cm³/mol. The Hall–Kier alpha value is -8.15. The number of nitro benzene ring substituents is 3. The molecule has 0 radical (unpaired) electrons. The highest BCUT2D eigenvalue weighted by Crippen LogP contribution is 2.27. The van der Waals surface area contributed by atoms with Gasteiger partial charge < -0.3 is 30.2 Å². The van der Waals surface area contributed by atoms with Gasteiger partial charge in [-0.2, -0.15) is 12.6 Å². The number of thiol groups is 1. The molecule has 2 heterocycles. The number of anilines is 1. The number of nitrogens with one attached hydrogen (secondary N) is 1. The molecule has 2 fully saturated rings. The molecular formula is C41H39N9O14S. The van der Waals surface area contributed by atoms with Crippen LogP contribution in [0.3, 0.4) is 0 Å². The van der Waals surface area contributed by atoms with Crippen LogP contribution < -0.4 is 16.0 Å². The lowest BCUT2D eigenvalue weighted by molar-refractivity contribution is -0.385. The Morgan fingerprint density at radius 3 is 1.72 bits per heavy atom. The number of carbonyl (C=O) groups is 5. The number of carbonyl (C=O) groups excluding carboxylic acids is 5. The van der Waals surface area contributed by atoms with Gasteiger partial charge in [-0.15, -0.1) is 4.99 Å². The number of hydrogen-bond donors (Lipinski definition) is 3. The van der Waals surface area contributed by atoms with Gasteiger partial charge in [0.25, 0.3) is 23.0 Å². The lowest BCUT2D eigenvalue weighted by Crippen LogP contribution is -2.48. The number of rotatable bonds is 13. The summed E-state index contributed by atoms with van der Waals surface area (Å²) in [4.78, 5) is 105. The van der Waals surface area contributed by atoms with Gasteiger partial charge in [-0.1, -0.05) is 0 Å². The Morgan fingerprint density at radius 1 is 0.723 bits per heavy atom. The third-order valence-corrected chi connectivity index (χ3v) is 10.5. The minimum atomic E-state index is -1.22. The van der Waals surface area contributed by atoms with Crippen LogP contribution in [0.15, 0.2) is 102 Å². The molecule has 4 aromatic carbocycles. The van der Waals surface area contributed by atoms with Crippen molar-refractivity contribution in [2.45, 2.75) is 50.0 Å². The Morgan fingerprint density at radius 2 is 1.22 bits per heavy atom. The maximum absolute atomic E-state index is 13.7. The van der Waals surface area contributed by atoms with E-state index in [1.54, 1.807) is 4.90 Å². The van der Waals surface area contributed by atoms with E-state index in [-0.39, 0.29) is 85.3 Å². The van der Waals surface area contributed by atoms with Gasteiger partial charge in [-0.05, 0) is 90.2 Å². The minimum Gasteiger partial charge on any atom is -0.445 e. The second-order valence-corrected chi connectivity index (χ2v) is 15.3. The first kappa shape index (κ1) is 46.4. The standard InChI is InChI=1S/C41H39N9O14S/c42-38(44-39(53)62-22-25-1-9-31(10-2-25)48(56)57)47(41(55)64-24-27-5-13-33(14-6-27)50(60)61)30-15-7-28(8-16-30)36(51)43-29-17-18-45(20-29)37(52)35-19-34(65)21-46(35)40(54)63-23-26-3-11-32(12-4-26)49(58)59/h1-16,29,34-35,65H,17-24H2,(H,43,51)(H2,42,44,53)/t29-,34-,35-/m0/s1. The normalized spacial score (nSPS) is 16.9. The summed E-state index contributed by atoms with van der Waals surface area (Å²) in [6, 6.07) is 20.0. The van der Waals surface area contributed by atoms with Gasteiger partial charge in [0.05, 0.1) is 20.5 Å². The molecule has 2 aliphatic heterocycles. The quantitative estimate of drug-likeness (QED) is 0.0385. The number of aliphatic imine (C=N–C) groups is 1. The number of hydrogen-bond acceptors (Lipinski definition) is 15. The number of nitro groups is 3. The highest BCUT2D eigenvalue weighted by atomic mass is 32.1. The Labute approximate surface area is 373 Å². The molecule has 0 spiro atoms. The van der Waals surface area contributed by atoms with E-state index in [4.69, 9.17) is 19.9 Å². The van der Waals surface area contributed by atoms with Crippen LogP contribution in [0.25, 0.3) is 0 Å². The van der Waals surface area contributed by atoms with Crippen LogP contribution in [0.2, 0.25) is 0 Å². The summed E-state index contributed by atoms with van der Waals surface area (Å²) in [6.45, 7) is -0.289. The van der Waals surface area contributed by atoms with Crippen molar-refractivity contribution < 1.29 is 53.0 Å². The Balaban J connectivity index is 1.07. The third-order valence-electron chi connectivity index (χ3n) is 10.2. The number of nitrogens with zero attached hydrogens (tertiary/aromatic N) is 7. The fraction of sp³-hybridized carbons (Fsp3) is 0.268. The second kappa shape index (κ2) is 20.8. The summed E-state index contributed by atoms with van der Waals surface area (Å²) in [7, 11) is 0. The molecule has 6 rings (SSSR count). The van der Waals surface area contributed by atoms with Crippen molar-refractivity contribution in [1.82, 2.24) is 15.1 Å². The molecule has 338 valence electrons. The Kier molecular flexibility index (Phi) is 14.8. The molecular weight excluding hydrogens is 875 g/mol. The number of ether oxygens (including phenoxy) is 3. The summed E-state index contributed by atoms with van der Waals surface area (Å²) in [5, 5.41) is 35.5. The average molecular weight is 914 g/mol. The van der Waals surface area contributed by atoms with Crippen LogP contribution in [0.1, 0.15) is 39.9 Å². The van der Waals surface area contributed by atoms with Crippen molar-refractivity contribution in [3.8, 4) is 0 Å². The minimum absolute atomic E-state index is 0.00666. The van der Waals surface area contributed by atoms with Gasteiger partial charge in [0, 0.05) is 72.9 Å². The monoisotopic (exact) mass is 913 g/mol. The molecule has 5 amide bonds. The molecule has 65 heavy (non-hydrogen) atoms. The lowest BCUT2D eigenvalue weighted by Gasteiger charge is -2.27. The molecule has 0 saturated carbocycles. The van der Waals surface area contributed by atoms with E-state index in [0.29, 0.717) is 23.1 Å². The molecule has 3 atom stereocenters. The summed E-state index contributed by atoms with van der Waals surface area (Å²) in [5.74, 6) is -1.56. The van der Waals surface area contributed by atoms with Crippen molar-refractivity contribution in [3.63, 3.8) is 0 Å². The molecule has 0 bridgehead atoms. The number of amides is 5.